The number of methoxy groups -OCH3 is 1. The van der Waals surface area contributed by atoms with Gasteiger partial charge in [-0.15, -0.1) is 39.6 Å². The number of hydrogen-bond donors (Lipinski definition) is 10. The topological polar surface area (TPSA) is 353 Å². The number of ether oxygens (including phenoxy) is 4. The van der Waals surface area contributed by atoms with Gasteiger partial charge in [-0.05, 0) is 98.0 Å². The fourth-order valence-corrected chi connectivity index (χ4v) is 12.1. The number of fused-ring (bicyclic) bond motifs is 3. The number of H-pyrrole nitrogens is 3. The second-order valence-electron chi connectivity index (χ2n) is 22.1. The number of aliphatic hydroxyl groups is 5. The Labute approximate surface area is 451 Å². The Bertz CT molecular complexity index is 3360. The Kier molecular flexibility index (Phi) is 19.4. The van der Waals surface area contributed by atoms with Crippen molar-refractivity contribution < 1.29 is 44.5 Å². The summed E-state index contributed by atoms with van der Waals surface area (Å²) in [5, 5.41) is 58.4. The lowest BCUT2D eigenvalue weighted by molar-refractivity contribution is -0.0496. The number of aromatic amines is 3. The number of aromatic nitrogens is 12. The van der Waals surface area contributed by atoms with Crippen molar-refractivity contribution in [2.45, 2.75) is 120 Å². The summed E-state index contributed by atoms with van der Waals surface area (Å²) in [5.74, 6) is 1.15. The van der Waals surface area contributed by atoms with E-state index in [9.17, 15) is 39.9 Å². The molecule has 78 heavy (non-hydrogen) atoms. The van der Waals surface area contributed by atoms with Crippen LogP contribution in [0.5, 0.6) is 0 Å². The number of hydrogen-bond acceptors (Lipinski definition) is 20. The van der Waals surface area contributed by atoms with Gasteiger partial charge < -0.3 is 60.1 Å². The van der Waals surface area contributed by atoms with Crippen LogP contribution in [0.4, 0.5) is 11.9 Å². The van der Waals surface area contributed by atoms with Gasteiger partial charge in [-0.2, -0.15) is 9.97 Å². The largest absolute Gasteiger partial charge is 0.388 e. The Balaban J connectivity index is 0.000000170. The molecule has 0 bridgehead atoms. The highest BCUT2D eigenvalue weighted by atomic mass is 31.2. The van der Waals surface area contributed by atoms with Crippen molar-refractivity contribution in [3.63, 3.8) is 0 Å². The molecule has 3 aliphatic rings. The molecule has 29 heteroatoms. The van der Waals surface area contributed by atoms with E-state index in [1.54, 1.807) is 11.5 Å². The van der Waals surface area contributed by atoms with E-state index in [4.69, 9.17) is 18.9 Å². The zero-order valence-corrected chi connectivity index (χ0v) is 48.8. The molecular formula is C49H79N14O12P3. The number of anilines is 2. The molecule has 26 nitrogen and oxygen atoms in total. The second kappa shape index (κ2) is 24.9. The quantitative estimate of drug-likeness (QED) is 0.0548. The number of rotatable bonds is 18. The van der Waals surface area contributed by atoms with E-state index in [0.717, 1.165) is 24.9 Å². The summed E-state index contributed by atoms with van der Waals surface area (Å²) >= 11 is 0. The van der Waals surface area contributed by atoms with E-state index in [0.29, 0.717) is 67.0 Å². The van der Waals surface area contributed by atoms with Crippen molar-refractivity contribution in [2.75, 3.05) is 89.3 Å². The number of aliphatic hydroxyl groups excluding tert-OH is 5. The number of aryl methyl sites for hydroxylation is 1. The van der Waals surface area contributed by atoms with Gasteiger partial charge in [-0.3, -0.25) is 38.1 Å². The molecule has 0 aromatic carbocycles. The summed E-state index contributed by atoms with van der Waals surface area (Å²) in [7, 11) is 1.54. The third-order valence-corrected chi connectivity index (χ3v) is 17.8. The zero-order chi connectivity index (χ0) is 57.2. The second-order valence-corrected chi connectivity index (χ2v) is 35.1. The highest BCUT2D eigenvalue weighted by Gasteiger charge is 2.47. The van der Waals surface area contributed by atoms with Crippen LogP contribution in [0.3, 0.4) is 0 Å². The zero-order valence-electron chi connectivity index (χ0n) is 46.1. The van der Waals surface area contributed by atoms with E-state index in [1.807, 2.05) is 13.8 Å². The van der Waals surface area contributed by atoms with Crippen LogP contribution in [0.15, 0.2) is 33.4 Å². The van der Waals surface area contributed by atoms with Gasteiger partial charge in [-0.1, -0.05) is 6.92 Å². The average molecular weight is 1150 g/mol. The van der Waals surface area contributed by atoms with Gasteiger partial charge >= 0.3 is 0 Å². The summed E-state index contributed by atoms with van der Waals surface area (Å²) in [6.45, 7) is 15.9. The molecule has 3 aliphatic heterocycles. The van der Waals surface area contributed by atoms with Crippen LogP contribution in [0, 0.1) is 6.92 Å². The molecule has 0 aliphatic carbocycles. The fourth-order valence-electron chi connectivity index (χ4n) is 9.29. The molecule has 432 valence electrons. The van der Waals surface area contributed by atoms with Crippen molar-refractivity contribution in [2.24, 2.45) is 0 Å². The van der Waals surface area contributed by atoms with Crippen molar-refractivity contribution in [1.82, 2.24) is 58.6 Å². The summed E-state index contributed by atoms with van der Waals surface area (Å²) < 4.78 is 28.1. The average Bonchev–Trinajstić information content (AvgIpc) is 4.30. The van der Waals surface area contributed by atoms with E-state index in [1.165, 1.54) is 35.2 Å². The van der Waals surface area contributed by atoms with E-state index < -0.39 is 88.2 Å². The van der Waals surface area contributed by atoms with Crippen LogP contribution in [-0.4, -0.2) is 237 Å². The lowest BCUT2D eigenvalue weighted by Crippen LogP contribution is -2.33. The predicted molar refractivity (Wildman–Crippen MR) is 311 cm³/mol. The van der Waals surface area contributed by atoms with Gasteiger partial charge in [0.2, 0.25) is 11.9 Å². The molecule has 3 unspecified atom stereocenters. The van der Waals surface area contributed by atoms with Gasteiger partial charge in [0.1, 0.15) is 42.4 Å². The van der Waals surface area contributed by atoms with Gasteiger partial charge in [0.05, 0.1) is 37.3 Å². The van der Waals surface area contributed by atoms with Crippen LogP contribution in [-0.2, 0) is 18.9 Å². The summed E-state index contributed by atoms with van der Waals surface area (Å²) in [6, 6.07) is 0. The molecule has 0 spiro atoms. The maximum atomic E-state index is 12.2. The first kappa shape index (κ1) is 60.8. The van der Waals surface area contributed by atoms with E-state index >= 15 is 0 Å². The predicted octanol–water partition coefficient (Wildman–Crippen LogP) is 1.73. The van der Waals surface area contributed by atoms with Crippen molar-refractivity contribution in [3.8, 4) is 0 Å². The molecule has 6 aromatic rings. The Morgan fingerprint density at radius 3 is 1.35 bits per heavy atom. The molecule has 0 radical (unpaired) electrons. The smallest absolute Gasteiger partial charge is 0.280 e. The molecule has 12 atom stereocenters. The first-order chi connectivity index (χ1) is 36.6. The molecular weight excluding hydrogens is 1070 g/mol. The number of nitrogens with one attached hydrogen (secondary N) is 5. The maximum absolute atomic E-state index is 12.2. The first-order valence-electron chi connectivity index (χ1n) is 25.9. The first-order valence-corrected chi connectivity index (χ1v) is 35.1. The minimum Gasteiger partial charge on any atom is -0.388 e. The number of imidazole rings is 3. The molecule has 10 N–H and O–H groups in total. The highest BCUT2D eigenvalue weighted by molar-refractivity contribution is 7.72. The van der Waals surface area contributed by atoms with Crippen molar-refractivity contribution in [3.05, 3.63) is 55.9 Å². The summed E-state index contributed by atoms with van der Waals surface area (Å²) in [6.07, 6.45) is 13.0. The fraction of sp³-hybridized carbons (Fsp3) is 0.633. The maximum Gasteiger partial charge on any atom is 0.280 e. The van der Waals surface area contributed by atoms with Crippen LogP contribution in [0.2, 0.25) is 0 Å². The van der Waals surface area contributed by atoms with Gasteiger partial charge in [0.15, 0.2) is 52.2 Å². The van der Waals surface area contributed by atoms with Gasteiger partial charge in [0.25, 0.3) is 16.7 Å². The highest BCUT2D eigenvalue weighted by Crippen LogP contribution is 2.43. The molecule has 6 aromatic heterocycles. The Morgan fingerprint density at radius 2 is 0.949 bits per heavy atom. The monoisotopic (exact) mass is 1150 g/mol. The molecule has 9 rings (SSSR count). The Hall–Kier alpha value is -4.81. The van der Waals surface area contributed by atoms with Crippen LogP contribution in [0.25, 0.3) is 33.5 Å². The molecule has 9 heterocycles. The third-order valence-electron chi connectivity index (χ3n) is 13.4. The lowest BCUT2D eigenvalue weighted by Gasteiger charge is -2.20. The SMILES string of the molecule is C=P(C)(C)CC[C@H]1OC(n2cnc3c(=O)[nH]c(C)nc32)[C@H](OC)[C@@H]1O.C=P(C)(C)CC[C@H]1OC(n2cnc3c(=O)[nH]c(NCC)nc32)[C@H](O)[C@@H]1O.C=P(C)(C)CC[C@H]1OC(n2cnc3c(=O)[nH]c(NCCC)nc32)[C@H](O)[C@@H]1O. The van der Waals surface area contributed by atoms with Crippen molar-refractivity contribution in [1.29, 1.82) is 0 Å². The summed E-state index contributed by atoms with van der Waals surface area (Å²) in [4.78, 5) is 69.8. The normalized spacial score (nSPS) is 26.6. The third kappa shape index (κ3) is 14.2. The van der Waals surface area contributed by atoms with E-state index in [2.05, 4.69) is 114 Å². The minimum absolute atomic E-state index is 0.158. The van der Waals surface area contributed by atoms with E-state index in [-0.39, 0.29) is 39.3 Å². The standard InChI is InChI=1S/C17H28N5O4P.C16H26N5O4P.C16H25N4O4P/c1-5-7-18-17-20-14-11(15(25)21-17)19-9-22(14)16-13(24)12(23)10(26-16)6-8-27(2,3)4;1-5-17-16-19-13-10(14(24)20-16)18-8-21(13)15-12(23)11(22)9(25-15)6-7-26(2,3)4;1-9-18-14-11(15(22)19-9)17-8-20(14)16-13(23-2)12(21)10(24-16)6-7-25(3,4)5/h9-10,12-13,16,23-24H,2,5-8H2,1,3-4H3,(H2,18,20,21,25);8-9,11-12,15,22-23H,2,5-7H2,1,3-4H3,(H2,17,19,20,24);8,10,12-13,16,21H,3,6-7H2,1-2,4-5H3,(H,18,19,22)/t10-,12-,13-,16?;9-,11-,12-,15?;10-,12-,13-,16?/m111/s1. The molecule has 0 amide bonds. The van der Waals surface area contributed by atoms with Gasteiger partial charge in [0, 0.05) is 20.2 Å². The molecule has 3 saturated heterocycles. The minimum atomic E-state index is -1.27. The summed E-state index contributed by atoms with van der Waals surface area (Å²) in [5.41, 5.74) is 0.543. The van der Waals surface area contributed by atoms with Crippen LogP contribution in [0.1, 0.15) is 64.0 Å². The van der Waals surface area contributed by atoms with Crippen LogP contribution >= 0.6 is 20.7 Å². The molecule has 0 saturated carbocycles. The van der Waals surface area contributed by atoms with Gasteiger partial charge in [-0.25, -0.2) is 19.9 Å². The Morgan fingerprint density at radius 1 is 0.577 bits per heavy atom. The van der Waals surface area contributed by atoms with Crippen LogP contribution < -0.4 is 27.3 Å². The van der Waals surface area contributed by atoms with Crippen molar-refractivity contribution >= 4 is 84.9 Å². The molecule has 3 fully saturated rings. The number of nitrogens with zero attached hydrogens (tertiary/aromatic N) is 9. The lowest BCUT2D eigenvalue weighted by atomic mass is 10.1.